The third-order valence-electron chi connectivity index (χ3n) is 4.08. The van der Waals surface area contributed by atoms with Gasteiger partial charge in [0.15, 0.2) is 0 Å². The van der Waals surface area contributed by atoms with Gasteiger partial charge in [0.25, 0.3) is 0 Å². The van der Waals surface area contributed by atoms with Crippen LogP contribution in [-0.4, -0.2) is 12.5 Å². The molecule has 0 aromatic rings. The summed E-state index contributed by atoms with van der Waals surface area (Å²) in [6.07, 6.45) is 8.33. The smallest absolute Gasteiger partial charge is 0.220 e. The summed E-state index contributed by atoms with van der Waals surface area (Å²) in [6.45, 7) is 0.933. The van der Waals surface area contributed by atoms with Crippen LogP contribution in [-0.2, 0) is 4.79 Å². The monoisotopic (exact) mass is 248 g/mol. The highest BCUT2D eigenvalue weighted by atomic mass is 32.2. The third-order valence-corrected chi connectivity index (χ3v) is 4.67. The fraction of sp³-hybridized carbons (Fsp3) is 0.462. The van der Waals surface area contributed by atoms with Crippen molar-refractivity contribution < 1.29 is 4.79 Å². The maximum atomic E-state index is 11.3. The van der Waals surface area contributed by atoms with Crippen molar-refractivity contribution in [1.29, 1.82) is 0 Å². The quantitative estimate of drug-likeness (QED) is 0.743. The van der Waals surface area contributed by atoms with Gasteiger partial charge >= 0.3 is 0 Å². The molecule has 2 heterocycles. The third kappa shape index (κ3) is 1.71. The molecule has 0 bridgehead atoms. The largest absolute Gasteiger partial charge is 0.387 e. The average Bonchev–Trinajstić information content (AvgIpc) is 2.69. The zero-order chi connectivity index (χ0) is 11.9. The predicted molar refractivity (Wildman–Crippen MR) is 69.8 cm³/mol. The van der Waals surface area contributed by atoms with Gasteiger partial charge in [-0.2, -0.15) is 0 Å². The van der Waals surface area contributed by atoms with Gasteiger partial charge in [0, 0.05) is 29.5 Å². The van der Waals surface area contributed by atoms with E-state index in [1.165, 1.54) is 5.70 Å². The Morgan fingerprint density at radius 3 is 2.94 bits per heavy atom. The molecule has 3 nitrogen and oxygen atoms in total. The van der Waals surface area contributed by atoms with Gasteiger partial charge in [-0.1, -0.05) is 18.2 Å². The summed E-state index contributed by atoms with van der Waals surface area (Å²) < 4.78 is 0. The van der Waals surface area contributed by atoms with Crippen LogP contribution in [0.3, 0.4) is 0 Å². The number of nitrogens with one attached hydrogen (secondary N) is 1. The first-order valence-corrected chi connectivity index (χ1v) is 6.90. The van der Waals surface area contributed by atoms with E-state index in [2.05, 4.69) is 34.4 Å². The first kappa shape index (κ1) is 11.0. The Morgan fingerprint density at radius 2 is 2.24 bits per heavy atom. The van der Waals surface area contributed by atoms with E-state index in [1.54, 1.807) is 11.8 Å². The molecule has 1 spiro atoms. The summed E-state index contributed by atoms with van der Waals surface area (Å²) in [5.41, 5.74) is 6.79. The molecule has 1 amide bonds. The topological polar surface area (TPSA) is 55.1 Å². The van der Waals surface area contributed by atoms with Crippen LogP contribution in [0.2, 0.25) is 0 Å². The molecule has 0 aromatic heterocycles. The average molecular weight is 248 g/mol. The van der Waals surface area contributed by atoms with Crippen molar-refractivity contribution in [2.45, 2.75) is 12.8 Å². The Morgan fingerprint density at radius 1 is 1.47 bits per heavy atom. The molecule has 90 valence electrons. The number of primary amides is 1. The molecular formula is C13H16N2OS. The van der Waals surface area contributed by atoms with E-state index in [0.717, 1.165) is 19.4 Å². The van der Waals surface area contributed by atoms with Crippen LogP contribution in [0.25, 0.3) is 0 Å². The van der Waals surface area contributed by atoms with Crippen LogP contribution < -0.4 is 11.1 Å². The fourth-order valence-electron chi connectivity index (χ4n) is 3.02. The maximum absolute atomic E-state index is 11.3. The van der Waals surface area contributed by atoms with Crippen LogP contribution >= 0.6 is 11.8 Å². The molecule has 3 aliphatic rings. The van der Waals surface area contributed by atoms with Crippen molar-refractivity contribution >= 4 is 17.7 Å². The molecule has 0 aromatic carbocycles. The van der Waals surface area contributed by atoms with E-state index in [1.807, 2.05) is 0 Å². The molecular weight excluding hydrogens is 232 g/mol. The van der Waals surface area contributed by atoms with Crippen LogP contribution in [0.1, 0.15) is 12.8 Å². The van der Waals surface area contributed by atoms with Crippen molar-refractivity contribution in [2.75, 3.05) is 6.54 Å². The number of rotatable bonds is 1. The van der Waals surface area contributed by atoms with E-state index in [4.69, 9.17) is 5.73 Å². The molecule has 1 fully saturated rings. The number of nitrogens with two attached hydrogens (primary N) is 1. The van der Waals surface area contributed by atoms with Crippen molar-refractivity contribution in [3.8, 4) is 0 Å². The van der Waals surface area contributed by atoms with Crippen molar-refractivity contribution in [1.82, 2.24) is 5.32 Å². The van der Waals surface area contributed by atoms with E-state index in [9.17, 15) is 4.79 Å². The second-order valence-electron chi connectivity index (χ2n) is 4.99. The summed E-state index contributed by atoms with van der Waals surface area (Å²) >= 11 is 1.70. The zero-order valence-corrected chi connectivity index (χ0v) is 10.4. The second kappa shape index (κ2) is 3.95. The molecule has 2 atom stereocenters. The van der Waals surface area contributed by atoms with Crippen LogP contribution in [0.15, 0.2) is 34.7 Å². The summed E-state index contributed by atoms with van der Waals surface area (Å²) in [5.74, 6) is 0.222. The first-order chi connectivity index (χ1) is 8.21. The SMILES string of the molecule is NC(=O)C1CC=C2NCC3(C=CSC=C3)C2C1. The lowest BCUT2D eigenvalue weighted by Crippen LogP contribution is -2.33. The number of hydrogen-bond acceptors (Lipinski definition) is 3. The summed E-state index contributed by atoms with van der Waals surface area (Å²) in [5, 5.41) is 7.75. The number of allylic oxidation sites excluding steroid dienone is 2. The molecule has 0 radical (unpaired) electrons. The summed E-state index contributed by atoms with van der Waals surface area (Å²) in [4.78, 5) is 11.3. The van der Waals surface area contributed by atoms with Crippen molar-refractivity contribution in [3.05, 3.63) is 34.7 Å². The molecule has 0 saturated carbocycles. The van der Waals surface area contributed by atoms with Crippen LogP contribution in [0.4, 0.5) is 0 Å². The summed E-state index contributed by atoms with van der Waals surface area (Å²) in [7, 11) is 0. The molecule has 1 saturated heterocycles. The minimum absolute atomic E-state index is 0.00287. The van der Waals surface area contributed by atoms with E-state index < -0.39 is 0 Å². The standard InChI is InChI=1S/C13H16N2OS/c14-12(16)9-1-2-11-10(7-9)13(8-15-11)3-5-17-6-4-13/h2-6,9-10,15H,1,7-8H2,(H2,14,16). The van der Waals surface area contributed by atoms with E-state index in [-0.39, 0.29) is 17.2 Å². The lowest BCUT2D eigenvalue weighted by Gasteiger charge is -2.33. The van der Waals surface area contributed by atoms with Crippen molar-refractivity contribution in [2.24, 2.45) is 23.0 Å². The fourth-order valence-corrected chi connectivity index (χ4v) is 3.77. The minimum Gasteiger partial charge on any atom is -0.387 e. The number of amides is 1. The van der Waals surface area contributed by atoms with Gasteiger partial charge < -0.3 is 11.1 Å². The Kier molecular flexibility index (Phi) is 2.54. The Labute approximate surface area is 105 Å². The molecule has 17 heavy (non-hydrogen) atoms. The number of hydrogen-bond donors (Lipinski definition) is 2. The van der Waals surface area contributed by atoms with E-state index >= 15 is 0 Å². The Bertz CT molecular complexity index is 427. The highest BCUT2D eigenvalue weighted by Gasteiger charge is 2.45. The first-order valence-electron chi connectivity index (χ1n) is 5.95. The normalized spacial score (nSPS) is 33.1. The number of thioether (sulfide) groups is 1. The second-order valence-corrected chi connectivity index (χ2v) is 5.81. The maximum Gasteiger partial charge on any atom is 0.220 e. The number of carbonyl (C=O) groups is 1. The molecule has 1 aliphatic carbocycles. The van der Waals surface area contributed by atoms with Gasteiger partial charge in [0.05, 0.1) is 0 Å². The van der Waals surface area contributed by atoms with Gasteiger partial charge in [-0.3, -0.25) is 4.79 Å². The zero-order valence-electron chi connectivity index (χ0n) is 9.56. The number of fused-ring (bicyclic) bond motifs is 2. The van der Waals surface area contributed by atoms with Gasteiger partial charge in [-0.05, 0) is 23.7 Å². The molecule has 3 rings (SSSR count). The lowest BCUT2D eigenvalue weighted by atomic mass is 9.70. The van der Waals surface area contributed by atoms with Gasteiger partial charge in [0.1, 0.15) is 0 Å². The minimum atomic E-state index is -0.166. The van der Waals surface area contributed by atoms with Gasteiger partial charge in [0.2, 0.25) is 5.91 Å². The molecule has 2 aliphatic heterocycles. The predicted octanol–water partition coefficient (Wildman–Crippen LogP) is 1.75. The van der Waals surface area contributed by atoms with E-state index in [0.29, 0.717) is 5.92 Å². The summed E-state index contributed by atoms with van der Waals surface area (Å²) in [6, 6.07) is 0. The van der Waals surface area contributed by atoms with Crippen molar-refractivity contribution in [3.63, 3.8) is 0 Å². The van der Waals surface area contributed by atoms with Crippen LogP contribution in [0.5, 0.6) is 0 Å². The lowest BCUT2D eigenvalue weighted by molar-refractivity contribution is -0.122. The Hall–Kier alpha value is -1.16. The molecule has 4 heteroatoms. The number of carbonyl (C=O) groups excluding carboxylic acids is 1. The molecule has 3 N–H and O–H groups in total. The van der Waals surface area contributed by atoms with Crippen LogP contribution in [0, 0.1) is 17.3 Å². The highest BCUT2D eigenvalue weighted by Crippen LogP contribution is 2.48. The van der Waals surface area contributed by atoms with Gasteiger partial charge in [-0.15, -0.1) is 11.8 Å². The Balaban J connectivity index is 1.91. The van der Waals surface area contributed by atoms with Gasteiger partial charge in [-0.25, -0.2) is 0 Å². The molecule has 2 unspecified atom stereocenters. The highest BCUT2D eigenvalue weighted by molar-refractivity contribution is 8.04.